The van der Waals surface area contributed by atoms with Crippen molar-refractivity contribution in [2.75, 3.05) is 13.7 Å². The minimum absolute atomic E-state index is 0.105. The van der Waals surface area contributed by atoms with Crippen LogP contribution in [0.4, 0.5) is 4.39 Å². The summed E-state index contributed by atoms with van der Waals surface area (Å²) >= 11 is 0. The maximum Gasteiger partial charge on any atom is 0.337 e. The van der Waals surface area contributed by atoms with E-state index in [-0.39, 0.29) is 17.8 Å². The molecule has 1 aliphatic rings. The van der Waals surface area contributed by atoms with E-state index >= 15 is 0 Å². The van der Waals surface area contributed by atoms with E-state index in [0.29, 0.717) is 23.5 Å². The van der Waals surface area contributed by atoms with Crippen LogP contribution in [0.5, 0.6) is 0 Å². The number of rotatable bonds is 5. The summed E-state index contributed by atoms with van der Waals surface area (Å²) in [5.74, 6) is 1.48. The molecule has 2 aromatic carbocycles. The van der Waals surface area contributed by atoms with Gasteiger partial charge in [0, 0.05) is 12.1 Å². The lowest BCUT2D eigenvalue weighted by Crippen LogP contribution is -2.33. The van der Waals surface area contributed by atoms with Crippen LogP contribution in [-0.4, -0.2) is 39.5 Å². The van der Waals surface area contributed by atoms with Gasteiger partial charge in [-0.3, -0.25) is 4.90 Å². The quantitative estimate of drug-likeness (QED) is 0.424. The van der Waals surface area contributed by atoms with Crippen molar-refractivity contribution in [3.63, 3.8) is 0 Å². The Hall–Kier alpha value is -3.52. The predicted molar refractivity (Wildman–Crippen MR) is 121 cm³/mol. The number of aryl methyl sites for hydroxylation is 1. The number of imidazole rings is 1. The molecule has 1 N–H and O–H groups in total. The number of nitrogens with one attached hydrogen (secondary N) is 1. The normalized spacial score (nSPS) is 16.9. The number of halogens is 1. The number of carbonyl (C=O) groups excluding carboxylic acids is 1. The maximum absolute atomic E-state index is 13.6. The summed E-state index contributed by atoms with van der Waals surface area (Å²) in [4.78, 5) is 26.8. The Morgan fingerprint density at radius 1 is 1.21 bits per heavy atom. The van der Waals surface area contributed by atoms with Gasteiger partial charge in [0.1, 0.15) is 17.4 Å². The average Bonchev–Trinajstić information content (AvgIpc) is 3.42. The topological polar surface area (TPSA) is 84.2 Å². The van der Waals surface area contributed by atoms with Gasteiger partial charge in [-0.15, -0.1) is 0 Å². The molecule has 170 valence electrons. The second-order valence-corrected chi connectivity index (χ2v) is 8.36. The molecule has 1 aliphatic heterocycles. The van der Waals surface area contributed by atoms with Crippen LogP contribution in [0.25, 0.3) is 22.5 Å². The molecule has 1 fully saturated rings. The van der Waals surface area contributed by atoms with E-state index in [2.05, 4.69) is 9.88 Å². The van der Waals surface area contributed by atoms with Crippen molar-refractivity contribution >= 4 is 17.0 Å². The molecule has 3 heterocycles. The third-order valence-electron chi connectivity index (χ3n) is 6.19. The number of benzene rings is 2. The van der Waals surface area contributed by atoms with Gasteiger partial charge in [-0.2, -0.15) is 0 Å². The second-order valence-electron chi connectivity index (χ2n) is 8.36. The van der Waals surface area contributed by atoms with Crippen molar-refractivity contribution in [2.24, 2.45) is 0 Å². The maximum atomic E-state index is 13.6. The number of aromatic nitrogens is 3. The number of fused-ring (bicyclic) bond motifs is 1. The Bertz CT molecular complexity index is 1290. The summed E-state index contributed by atoms with van der Waals surface area (Å²) in [7, 11) is 1.36. The molecule has 0 unspecified atom stereocenters. The monoisotopic (exact) mass is 448 g/mol. The molecule has 0 radical (unpaired) electrons. The highest BCUT2D eigenvalue weighted by Crippen LogP contribution is 2.33. The molecule has 1 atom stereocenters. The second kappa shape index (κ2) is 8.78. The van der Waals surface area contributed by atoms with Crippen LogP contribution in [0.3, 0.4) is 0 Å². The van der Waals surface area contributed by atoms with E-state index in [1.54, 1.807) is 30.3 Å². The lowest BCUT2D eigenvalue weighted by Gasteiger charge is -2.34. The first-order chi connectivity index (χ1) is 16.0. The highest BCUT2D eigenvalue weighted by molar-refractivity contribution is 5.89. The van der Waals surface area contributed by atoms with Crippen LogP contribution in [0.15, 0.2) is 46.9 Å². The van der Waals surface area contributed by atoms with Crippen molar-refractivity contribution in [2.45, 2.75) is 38.8 Å². The van der Waals surface area contributed by atoms with E-state index < -0.39 is 0 Å². The van der Waals surface area contributed by atoms with E-state index in [1.807, 2.05) is 6.92 Å². The van der Waals surface area contributed by atoms with Gasteiger partial charge in [-0.05, 0) is 68.8 Å². The molecule has 0 spiro atoms. The summed E-state index contributed by atoms with van der Waals surface area (Å²) in [5.41, 5.74) is 3.63. The molecule has 2 aromatic heterocycles. The van der Waals surface area contributed by atoms with Gasteiger partial charge in [0.05, 0.1) is 35.4 Å². The summed E-state index contributed by atoms with van der Waals surface area (Å²) in [6, 6.07) is 11.7. The van der Waals surface area contributed by atoms with Crippen LogP contribution in [0.2, 0.25) is 0 Å². The molecule has 33 heavy (non-hydrogen) atoms. The fourth-order valence-electron chi connectivity index (χ4n) is 4.41. The number of nitrogens with zero attached hydrogens (tertiary/aromatic N) is 3. The minimum atomic E-state index is -0.379. The van der Waals surface area contributed by atoms with Crippen molar-refractivity contribution in [3.8, 4) is 11.5 Å². The molecule has 8 heteroatoms. The fourth-order valence-corrected chi connectivity index (χ4v) is 4.41. The van der Waals surface area contributed by atoms with E-state index in [4.69, 9.17) is 19.1 Å². The standard InChI is InChI=1S/C25H25FN4O3/c1-15-21(29-24(33-15)16-6-8-17(9-7-16)25(31)32-2)14-30-12-4-3-5-22(30)23-27-19-11-10-18(26)13-20(19)28-23/h6-11,13,22H,3-5,12,14H2,1-2H3,(H,27,28)/t22-/m0/s1. The van der Waals surface area contributed by atoms with Crippen molar-refractivity contribution in [1.29, 1.82) is 0 Å². The molecule has 0 aliphatic carbocycles. The summed E-state index contributed by atoms with van der Waals surface area (Å²) in [5, 5.41) is 0. The lowest BCUT2D eigenvalue weighted by atomic mass is 10.0. The zero-order valence-electron chi connectivity index (χ0n) is 18.6. The van der Waals surface area contributed by atoms with Crippen LogP contribution in [0.1, 0.15) is 52.9 Å². The number of esters is 1. The minimum Gasteiger partial charge on any atom is -0.465 e. The fraction of sp³-hybridized carbons (Fsp3) is 0.320. The van der Waals surface area contributed by atoms with Gasteiger partial charge in [0.2, 0.25) is 5.89 Å². The molecule has 0 saturated carbocycles. The van der Waals surface area contributed by atoms with Crippen molar-refractivity contribution in [3.05, 3.63) is 71.1 Å². The van der Waals surface area contributed by atoms with Gasteiger partial charge < -0.3 is 14.1 Å². The number of methoxy groups -OCH3 is 1. The van der Waals surface area contributed by atoms with Gasteiger partial charge in [0.15, 0.2) is 0 Å². The number of carbonyl (C=O) groups is 1. The number of ether oxygens (including phenoxy) is 1. The number of aromatic amines is 1. The van der Waals surface area contributed by atoms with Crippen molar-refractivity contribution < 1.29 is 18.3 Å². The van der Waals surface area contributed by atoms with E-state index in [0.717, 1.165) is 54.2 Å². The molecular formula is C25H25FN4O3. The van der Waals surface area contributed by atoms with Gasteiger partial charge in [0.25, 0.3) is 0 Å². The Labute approximate surface area is 190 Å². The predicted octanol–water partition coefficient (Wildman–Crippen LogP) is 5.18. The first kappa shape index (κ1) is 21.3. The van der Waals surface area contributed by atoms with E-state index in [1.165, 1.54) is 19.2 Å². The molecule has 1 saturated heterocycles. The van der Waals surface area contributed by atoms with Crippen LogP contribution < -0.4 is 0 Å². The average molecular weight is 448 g/mol. The SMILES string of the molecule is COC(=O)c1ccc(-c2nc(CN3CCCC[C@H]3c3nc4ccc(F)cc4[nH]3)c(C)o2)cc1. The number of hydrogen-bond donors (Lipinski definition) is 1. The van der Waals surface area contributed by atoms with E-state index in [9.17, 15) is 9.18 Å². The molecular weight excluding hydrogens is 423 g/mol. The summed E-state index contributed by atoms with van der Waals surface area (Å²) in [6.07, 6.45) is 3.19. The number of hydrogen-bond acceptors (Lipinski definition) is 6. The van der Waals surface area contributed by atoms with Crippen molar-refractivity contribution in [1.82, 2.24) is 19.9 Å². The first-order valence-electron chi connectivity index (χ1n) is 11.1. The van der Waals surface area contributed by atoms with Gasteiger partial charge >= 0.3 is 5.97 Å². The molecule has 4 aromatic rings. The third kappa shape index (κ3) is 4.26. The number of likely N-dealkylation sites (tertiary alicyclic amines) is 1. The largest absolute Gasteiger partial charge is 0.465 e. The van der Waals surface area contributed by atoms with Gasteiger partial charge in [-0.25, -0.2) is 19.2 Å². The highest BCUT2D eigenvalue weighted by Gasteiger charge is 2.28. The number of oxazole rings is 1. The summed E-state index contributed by atoms with van der Waals surface area (Å²) in [6.45, 7) is 3.47. The van der Waals surface area contributed by atoms with Crippen LogP contribution in [0, 0.1) is 12.7 Å². The highest BCUT2D eigenvalue weighted by atomic mass is 19.1. The Kier molecular flexibility index (Phi) is 5.68. The third-order valence-corrected chi connectivity index (χ3v) is 6.19. The zero-order chi connectivity index (χ0) is 22.9. The number of H-pyrrole nitrogens is 1. The Morgan fingerprint density at radius 2 is 2.03 bits per heavy atom. The molecule has 7 nitrogen and oxygen atoms in total. The Morgan fingerprint density at radius 3 is 2.82 bits per heavy atom. The zero-order valence-corrected chi connectivity index (χ0v) is 18.6. The molecule has 5 rings (SSSR count). The van der Waals surface area contributed by atoms with Crippen LogP contribution in [-0.2, 0) is 11.3 Å². The molecule has 0 bridgehead atoms. The van der Waals surface area contributed by atoms with Gasteiger partial charge in [-0.1, -0.05) is 6.42 Å². The Balaban J connectivity index is 1.38. The smallest absolute Gasteiger partial charge is 0.337 e. The first-order valence-corrected chi connectivity index (χ1v) is 11.1. The lowest BCUT2D eigenvalue weighted by molar-refractivity contribution is 0.0600. The number of piperidine rings is 1. The van der Waals surface area contributed by atoms with Crippen LogP contribution >= 0.6 is 0 Å². The summed E-state index contributed by atoms with van der Waals surface area (Å²) < 4.78 is 24.3. The molecule has 0 amide bonds.